The average Bonchev–Trinajstić information content (AvgIpc) is 3.31. The first kappa shape index (κ1) is 19.1. The van der Waals surface area contributed by atoms with Gasteiger partial charge in [0, 0.05) is 29.5 Å². The summed E-state index contributed by atoms with van der Waals surface area (Å²) in [5, 5.41) is 9.25. The number of aryl methyl sites for hydroxylation is 1. The van der Waals surface area contributed by atoms with Crippen LogP contribution in [0.25, 0.3) is 11.5 Å². The summed E-state index contributed by atoms with van der Waals surface area (Å²) in [4.78, 5) is 15.9. The standard InChI is InChI=1S/C23H23NO5/c1-14(23(25)26)19-13-28-21-12-17(8-9-18(19)21)27-11-10-20-15(2)29-22(24-20)16-6-4-3-5-7-16/h3-9,12,14,19H,10-11,13H2,1-2H3,(H,25,26). The molecule has 0 aliphatic carbocycles. The Morgan fingerprint density at radius 2 is 2.07 bits per heavy atom. The van der Waals surface area contributed by atoms with Crippen molar-refractivity contribution in [2.45, 2.75) is 26.2 Å². The Bertz CT molecular complexity index is 1010. The quantitative estimate of drug-likeness (QED) is 0.638. The molecular formula is C23H23NO5. The predicted octanol–water partition coefficient (Wildman–Crippen LogP) is 4.47. The summed E-state index contributed by atoms with van der Waals surface area (Å²) in [6.07, 6.45) is 0.624. The van der Waals surface area contributed by atoms with Gasteiger partial charge in [0.2, 0.25) is 5.89 Å². The van der Waals surface area contributed by atoms with Crippen molar-refractivity contribution >= 4 is 5.97 Å². The number of fused-ring (bicyclic) bond motifs is 1. The van der Waals surface area contributed by atoms with Crippen LogP contribution in [0, 0.1) is 12.8 Å². The van der Waals surface area contributed by atoms with Crippen LogP contribution in [0.3, 0.4) is 0 Å². The Balaban J connectivity index is 1.39. The smallest absolute Gasteiger partial charge is 0.306 e. The zero-order valence-electron chi connectivity index (χ0n) is 16.4. The molecule has 150 valence electrons. The molecule has 1 aliphatic rings. The number of hydrogen-bond donors (Lipinski definition) is 1. The van der Waals surface area contributed by atoms with Gasteiger partial charge < -0.3 is 19.0 Å². The van der Waals surface area contributed by atoms with E-state index in [0.29, 0.717) is 37.0 Å². The van der Waals surface area contributed by atoms with E-state index in [9.17, 15) is 9.90 Å². The summed E-state index contributed by atoms with van der Waals surface area (Å²) in [6, 6.07) is 15.4. The summed E-state index contributed by atoms with van der Waals surface area (Å²) in [5.74, 6) is 1.35. The van der Waals surface area contributed by atoms with Gasteiger partial charge in [0.25, 0.3) is 0 Å². The second kappa shape index (κ2) is 7.99. The molecule has 1 aromatic heterocycles. The third-order valence-corrected chi connectivity index (χ3v) is 5.32. The van der Waals surface area contributed by atoms with Gasteiger partial charge in [0.15, 0.2) is 0 Å². The van der Waals surface area contributed by atoms with Crippen LogP contribution < -0.4 is 9.47 Å². The van der Waals surface area contributed by atoms with Gasteiger partial charge in [-0.1, -0.05) is 31.2 Å². The van der Waals surface area contributed by atoms with Gasteiger partial charge in [-0.2, -0.15) is 0 Å². The van der Waals surface area contributed by atoms with Crippen LogP contribution in [0.1, 0.15) is 29.9 Å². The lowest BCUT2D eigenvalue weighted by molar-refractivity contribution is -0.142. The van der Waals surface area contributed by atoms with Crippen LogP contribution >= 0.6 is 0 Å². The monoisotopic (exact) mass is 393 g/mol. The van der Waals surface area contributed by atoms with Crippen LogP contribution in [0.4, 0.5) is 0 Å². The highest BCUT2D eigenvalue weighted by atomic mass is 16.5. The molecule has 0 radical (unpaired) electrons. The summed E-state index contributed by atoms with van der Waals surface area (Å²) >= 11 is 0. The Kier molecular flexibility index (Phi) is 5.25. The lowest BCUT2D eigenvalue weighted by Crippen LogP contribution is -2.19. The van der Waals surface area contributed by atoms with E-state index in [1.54, 1.807) is 6.92 Å². The van der Waals surface area contributed by atoms with Gasteiger partial charge in [-0.15, -0.1) is 0 Å². The number of hydrogen-bond acceptors (Lipinski definition) is 5. The van der Waals surface area contributed by atoms with Gasteiger partial charge >= 0.3 is 5.97 Å². The number of nitrogens with zero attached hydrogens (tertiary/aromatic N) is 1. The molecule has 0 spiro atoms. The van der Waals surface area contributed by atoms with Gasteiger partial charge in [-0.25, -0.2) is 4.98 Å². The zero-order chi connectivity index (χ0) is 20.4. The van der Waals surface area contributed by atoms with E-state index in [1.807, 2.05) is 55.5 Å². The lowest BCUT2D eigenvalue weighted by Gasteiger charge is -2.13. The Hall–Kier alpha value is -3.28. The Morgan fingerprint density at radius 1 is 1.28 bits per heavy atom. The molecule has 2 aromatic carbocycles. The molecule has 0 amide bonds. The van der Waals surface area contributed by atoms with E-state index in [4.69, 9.17) is 13.9 Å². The molecule has 0 fully saturated rings. The Labute approximate surface area is 169 Å². The predicted molar refractivity (Wildman–Crippen MR) is 107 cm³/mol. The van der Waals surface area contributed by atoms with Crippen molar-refractivity contribution in [2.24, 2.45) is 5.92 Å². The van der Waals surface area contributed by atoms with Gasteiger partial charge in [-0.05, 0) is 25.1 Å². The molecule has 6 nitrogen and oxygen atoms in total. The number of oxazole rings is 1. The molecule has 0 saturated heterocycles. The normalized spacial score (nSPS) is 16.1. The molecule has 0 saturated carbocycles. The minimum absolute atomic E-state index is 0.134. The third-order valence-electron chi connectivity index (χ3n) is 5.32. The number of carbonyl (C=O) groups is 1. The zero-order valence-corrected chi connectivity index (χ0v) is 16.4. The fourth-order valence-corrected chi connectivity index (χ4v) is 3.52. The molecule has 1 aliphatic heterocycles. The van der Waals surface area contributed by atoms with Crippen molar-refractivity contribution in [1.82, 2.24) is 4.98 Å². The topological polar surface area (TPSA) is 81.8 Å². The number of aromatic nitrogens is 1. The largest absolute Gasteiger partial charge is 0.493 e. The lowest BCUT2D eigenvalue weighted by atomic mass is 9.89. The van der Waals surface area contributed by atoms with Gasteiger partial charge in [0.05, 0.1) is 24.8 Å². The maximum absolute atomic E-state index is 11.3. The molecule has 6 heteroatoms. The highest BCUT2D eigenvalue weighted by Gasteiger charge is 2.33. The fraction of sp³-hybridized carbons (Fsp3) is 0.304. The molecule has 2 atom stereocenters. The number of ether oxygens (including phenoxy) is 2. The SMILES string of the molecule is Cc1oc(-c2ccccc2)nc1CCOc1ccc2c(c1)OCC2C(C)C(=O)O. The molecule has 1 N–H and O–H groups in total. The van der Waals surface area contributed by atoms with Gasteiger partial charge in [0.1, 0.15) is 17.3 Å². The Morgan fingerprint density at radius 3 is 2.83 bits per heavy atom. The number of rotatable bonds is 7. The first-order valence-corrected chi connectivity index (χ1v) is 9.67. The molecular weight excluding hydrogens is 370 g/mol. The van der Waals surface area contributed by atoms with Crippen LogP contribution in [0.2, 0.25) is 0 Å². The molecule has 2 unspecified atom stereocenters. The fourth-order valence-electron chi connectivity index (χ4n) is 3.52. The van der Waals surface area contributed by atoms with E-state index < -0.39 is 11.9 Å². The molecule has 29 heavy (non-hydrogen) atoms. The first-order chi connectivity index (χ1) is 14.0. The summed E-state index contributed by atoms with van der Waals surface area (Å²) in [7, 11) is 0. The maximum atomic E-state index is 11.3. The molecule has 3 aromatic rings. The van der Waals surface area contributed by atoms with E-state index in [-0.39, 0.29) is 5.92 Å². The van der Waals surface area contributed by atoms with Crippen molar-refractivity contribution in [1.29, 1.82) is 0 Å². The van der Waals surface area contributed by atoms with Crippen molar-refractivity contribution in [3.8, 4) is 23.0 Å². The van der Waals surface area contributed by atoms with Crippen LogP contribution in [0.5, 0.6) is 11.5 Å². The van der Waals surface area contributed by atoms with E-state index >= 15 is 0 Å². The van der Waals surface area contributed by atoms with Crippen LogP contribution in [-0.4, -0.2) is 29.3 Å². The second-order valence-corrected chi connectivity index (χ2v) is 7.23. The number of carboxylic acids is 1. The average molecular weight is 393 g/mol. The number of benzene rings is 2. The number of aliphatic carboxylic acids is 1. The minimum atomic E-state index is -0.815. The van der Waals surface area contributed by atoms with Gasteiger partial charge in [-0.3, -0.25) is 4.79 Å². The highest BCUT2D eigenvalue weighted by molar-refractivity contribution is 5.71. The second-order valence-electron chi connectivity index (χ2n) is 7.23. The first-order valence-electron chi connectivity index (χ1n) is 9.67. The summed E-state index contributed by atoms with van der Waals surface area (Å²) in [6.45, 7) is 4.45. The van der Waals surface area contributed by atoms with E-state index in [2.05, 4.69) is 4.98 Å². The van der Waals surface area contributed by atoms with E-state index in [1.165, 1.54) is 0 Å². The number of carboxylic acid groups (broad SMARTS) is 1. The summed E-state index contributed by atoms with van der Waals surface area (Å²) in [5.41, 5.74) is 2.74. The highest BCUT2D eigenvalue weighted by Crippen LogP contribution is 2.40. The summed E-state index contributed by atoms with van der Waals surface area (Å²) < 4.78 is 17.3. The maximum Gasteiger partial charge on any atom is 0.306 e. The van der Waals surface area contributed by atoms with Crippen molar-refractivity contribution in [2.75, 3.05) is 13.2 Å². The van der Waals surface area contributed by atoms with Crippen molar-refractivity contribution in [3.63, 3.8) is 0 Å². The van der Waals surface area contributed by atoms with Crippen LogP contribution in [-0.2, 0) is 11.2 Å². The van der Waals surface area contributed by atoms with Crippen LogP contribution in [0.15, 0.2) is 52.9 Å². The minimum Gasteiger partial charge on any atom is -0.493 e. The third kappa shape index (κ3) is 3.97. The molecule has 0 bridgehead atoms. The van der Waals surface area contributed by atoms with Crippen molar-refractivity contribution in [3.05, 3.63) is 65.5 Å². The molecule has 4 rings (SSSR count). The van der Waals surface area contributed by atoms with Crippen molar-refractivity contribution < 1.29 is 23.8 Å². The molecule has 2 heterocycles. The van der Waals surface area contributed by atoms with E-state index in [0.717, 1.165) is 22.6 Å².